The van der Waals surface area contributed by atoms with Crippen LogP contribution in [0.3, 0.4) is 0 Å². The molecule has 0 aromatic heterocycles. The van der Waals surface area contributed by atoms with Crippen molar-refractivity contribution in [1.29, 1.82) is 0 Å². The van der Waals surface area contributed by atoms with Crippen LogP contribution in [0.2, 0.25) is 10.0 Å². The van der Waals surface area contributed by atoms with Crippen LogP contribution in [-0.4, -0.2) is 29.4 Å². The maximum Gasteiger partial charge on any atom is 0.466 e. The first kappa shape index (κ1) is 17.6. The highest BCUT2D eigenvalue weighted by Gasteiger charge is 2.54. The molecule has 0 radical (unpaired) electrons. The van der Waals surface area contributed by atoms with Crippen LogP contribution < -0.4 is 0 Å². The van der Waals surface area contributed by atoms with E-state index in [0.29, 0.717) is 10.0 Å². The summed E-state index contributed by atoms with van der Waals surface area (Å²) in [6.45, 7) is 7.72. The molecule has 1 fully saturated rings. The summed E-state index contributed by atoms with van der Waals surface area (Å²) in [5.74, 6) is -1.39. The Morgan fingerprint density at radius 3 is 2.18 bits per heavy atom. The van der Waals surface area contributed by atoms with Crippen molar-refractivity contribution in [2.75, 3.05) is 0 Å². The second kappa shape index (κ2) is 6.04. The van der Waals surface area contributed by atoms with Crippen molar-refractivity contribution >= 4 is 36.3 Å². The number of hydrogen-bond acceptors (Lipinski definition) is 3. The largest absolute Gasteiger partial charge is 0.481 e. The van der Waals surface area contributed by atoms with E-state index in [9.17, 15) is 9.90 Å². The van der Waals surface area contributed by atoms with Crippen molar-refractivity contribution in [1.82, 2.24) is 0 Å². The van der Waals surface area contributed by atoms with Gasteiger partial charge in [0, 0.05) is 5.82 Å². The van der Waals surface area contributed by atoms with E-state index in [1.54, 1.807) is 18.2 Å². The zero-order valence-corrected chi connectivity index (χ0v) is 14.5. The molecule has 0 saturated carbocycles. The van der Waals surface area contributed by atoms with Gasteiger partial charge in [0.25, 0.3) is 0 Å². The van der Waals surface area contributed by atoms with Crippen molar-refractivity contribution in [3.8, 4) is 0 Å². The van der Waals surface area contributed by atoms with Crippen LogP contribution in [0.25, 0.3) is 0 Å². The molecule has 1 heterocycles. The maximum absolute atomic E-state index is 11.2. The first-order valence-corrected chi connectivity index (χ1v) is 7.81. The Balaban J connectivity index is 2.35. The molecular formula is C15H19BCl2O4. The van der Waals surface area contributed by atoms with Gasteiger partial charge in [-0.25, -0.2) is 0 Å². The first-order valence-electron chi connectivity index (χ1n) is 7.06. The fraction of sp³-hybridized carbons (Fsp3) is 0.533. The molecule has 1 aromatic rings. The molecule has 1 saturated heterocycles. The lowest BCUT2D eigenvalue weighted by atomic mass is 9.66. The van der Waals surface area contributed by atoms with E-state index in [-0.39, 0.29) is 6.42 Å². The van der Waals surface area contributed by atoms with Crippen molar-refractivity contribution in [2.45, 2.75) is 51.1 Å². The SMILES string of the molecule is CC1(C)OB(C(CC(=O)O)c2ccc(Cl)c(Cl)c2)OC1(C)C. The molecule has 1 aliphatic rings. The normalized spacial score (nSPS) is 20.9. The van der Waals surface area contributed by atoms with E-state index in [1.807, 2.05) is 27.7 Å². The van der Waals surface area contributed by atoms with E-state index in [4.69, 9.17) is 32.5 Å². The number of carbonyl (C=O) groups is 1. The van der Waals surface area contributed by atoms with Crippen molar-refractivity contribution < 1.29 is 19.2 Å². The molecule has 2 rings (SSSR count). The molecule has 1 N–H and O–H groups in total. The summed E-state index contributed by atoms with van der Waals surface area (Å²) in [6, 6.07) is 5.08. The lowest BCUT2D eigenvalue weighted by molar-refractivity contribution is -0.137. The van der Waals surface area contributed by atoms with Gasteiger partial charge in [-0.2, -0.15) is 0 Å². The average molecular weight is 345 g/mol. The predicted octanol–water partition coefficient (Wildman–Crippen LogP) is 4.18. The van der Waals surface area contributed by atoms with E-state index in [2.05, 4.69) is 0 Å². The van der Waals surface area contributed by atoms with Gasteiger partial charge in [-0.15, -0.1) is 0 Å². The number of carboxylic acid groups (broad SMARTS) is 1. The minimum absolute atomic E-state index is 0.116. The van der Waals surface area contributed by atoms with Crippen LogP contribution in [0.15, 0.2) is 18.2 Å². The second-order valence-electron chi connectivity index (χ2n) is 6.50. The van der Waals surface area contributed by atoms with Crippen molar-refractivity contribution in [3.05, 3.63) is 33.8 Å². The van der Waals surface area contributed by atoms with Crippen LogP contribution in [0.4, 0.5) is 0 Å². The van der Waals surface area contributed by atoms with E-state index >= 15 is 0 Å². The summed E-state index contributed by atoms with van der Waals surface area (Å²) in [4.78, 5) is 11.2. The number of benzene rings is 1. The summed E-state index contributed by atoms with van der Waals surface area (Å²) >= 11 is 12.0. The van der Waals surface area contributed by atoms with Crippen LogP contribution in [0.1, 0.15) is 45.5 Å². The highest BCUT2D eigenvalue weighted by Crippen LogP contribution is 2.42. The standard InChI is InChI=1S/C15H19BCl2O4/c1-14(2)15(3,4)22-16(21-14)10(8-13(19)20)9-5-6-11(17)12(18)7-9/h5-7,10H,8H2,1-4H3,(H,19,20). The Morgan fingerprint density at radius 1 is 1.18 bits per heavy atom. The van der Waals surface area contributed by atoms with E-state index in [1.165, 1.54) is 0 Å². The van der Waals surface area contributed by atoms with Gasteiger partial charge in [-0.05, 0) is 45.4 Å². The summed E-state index contributed by atoms with van der Waals surface area (Å²) in [7, 11) is -0.654. The zero-order chi connectivity index (χ0) is 16.7. The summed E-state index contributed by atoms with van der Waals surface area (Å²) in [5.41, 5.74) is -0.315. The number of aliphatic carboxylic acids is 1. The lowest BCUT2D eigenvalue weighted by Crippen LogP contribution is -2.41. The third kappa shape index (κ3) is 3.43. The maximum atomic E-state index is 11.2. The monoisotopic (exact) mass is 344 g/mol. The first-order chi connectivity index (χ1) is 10.0. The molecule has 0 amide bonds. The average Bonchev–Trinajstić information content (AvgIpc) is 2.59. The second-order valence-corrected chi connectivity index (χ2v) is 7.32. The fourth-order valence-corrected chi connectivity index (χ4v) is 2.66. The molecule has 4 nitrogen and oxygen atoms in total. The third-order valence-electron chi connectivity index (χ3n) is 4.37. The highest BCUT2D eigenvalue weighted by atomic mass is 35.5. The van der Waals surface area contributed by atoms with Crippen LogP contribution in [0, 0.1) is 0 Å². The van der Waals surface area contributed by atoms with Gasteiger partial charge in [0.1, 0.15) is 0 Å². The minimum Gasteiger partial charge on any atom is -0.481 e. The van der Waals surface area contributed by atoms with E-state index in [0.717, 1.165) is 5.56 Å². The van der Waals surface area contributed by atoms with Gasteiger partial charge in [0.05, 0.1) is 27.7 Å². The highest BCUT2D eigenvalue weighted by molar-refractivity contribution is 6.48. The predicted molar refractivity (Wildman–Crippen MR) is 87.5 cm³/mol. The smallest absolute Gasteiger partial charge is 0.466 e. The Hall–Kier alpha value is -0.745. The number of carboxylic acids is 1. The molecule has 1 unspecified atom stereocenters. The molecular weight excluding hydrogens is 326 g/mol. The molecule has 1 aliphatic heterocycles. The van der Waals surface area contributed by atoms with Gasteiger partial charge < -0.3 is 14.4 Å². The molecule has 0 spiro atoms. The Kier molecular flexibility index (Phi) is 4.84. The molecule has 1 atom stereocenters. The van der Waals surface area contributed by atoms with Gasteiger partial charge in [-0.1, -0.05) is 29.3 Å². The fourth-order valence-electron chi connectivity index (χ4n) is 2.36. The minimum atomic E-state index is -0.925. The number of hydrogen-bond donors (Lipinski definition) is 1. The van der Waals surface area contributed by atoms with Crippen LogP contribution in [-0.2, 0) is 14.1 Å². The number of rotatable bonds is 4. The molecule has 1 aromatic carbocycles. The Labute approximate surface area is 140 Å². The van der Waals surface area contributed by atoms with Crippen molar-refractivity contribution in [2.24, 2.45) is 0 Å². The van der Waals surface area contributed by atoms with E-state index < -0.39 is 30.1 Å². The van der Waals surface area contributed by atoms with Crippen molar-refractivity contribution in [3.63, 3.8) is 0 Å². The summed E-state index contributed by atoms with van der Waals surface area (Å²) in [5, 5.41) is 10.0. The Morgan fingerprint density at radius 2 is 1.73 bits per heavy atom. The summed E-state index contributed by atoms with van der Waals surface area (Å²) < 4.78 is 12.0. The quantitative estimate of drug-likeness (QED) is 0.832. The zero-order valence-electron chi connectivity index (χ0n) is 13.0. The molecule has 22 heavy (non-hydrogen) atoms. The third-order valence-corrected chi connectivity index (χ3v) is 5.11. The molecule has 0 aliphatic carbocycles. The Bertz CT molecular complexity index is 573. The molecule has 7 heteroatoms. The van der Waals surface area contributed by atoms with Gasteiger partial charge in [0.15, 0.2) is 0 Å². The van der Waals surface area contributed by atoms with Gasteiger partial charge in [0.2, 0.25) is 0 Å². The topological polar surface area (TPSA) is 55.8 Å². The van der Waals surface area contributed by atoms with Gasteiger partial charge >= 0.3 is 13.1 Å². The lowest BCUT2D eigenvalue weighted by Gasteiger charge is -2.32. The van der Waals surface area contributed by atoms with Crippen LogP contribution in [0.5, 0.6) is 0 Å². The molecule has 120 valence electrons. The van der Waals surface area contributed by atoms with Crippen LogP contribution >= 0.6 is 23.2 Å². The van der Waals surface area contributed by atoms with Gasteiger partial charge in [-0.3, -0.25) is 4.79 Å². The molecule has 0 bridgehead atoms. The number of halogens is 2. The summed E-state index contributed by atoms with van der Waals surface area (Å²) in [6.07, 6.45) is -0.116.